The standard InChI is InChI=1S/C50H26F4/c51-31-13-5-27(6-14-31)35-21-22-36(28-7-15-32(52)16-8-28)46-40-24-26-42-48-41(25-23-39(45(35)46)47(40)48)49-43(29-9-17-33(53)18-10-29)37-3-1-2-4-38(37)44(50(42)49)30-11-19-34(54)20-12-30/h1-26H. The highest BCUT2D eigenvalue weighted by molar-refractivity contribution is 6.33. The van der Waals surface area contributed by atoms with E-state index in [-0.39, 0.29) is 23.3 Å². The predicted octanol–water partition coefficient (Wildman–Crippen LogP) is 14.5. The zero-order valence-electron chi connectivity index (χ0n) is 28.5. The predicted molar refractivity (Wildman–Crippen MR) is 212 cm³/mol. The molecule has 0 N–H and O–H groups in total. The van der Waals surface area contributed by atoms with Gasteiger partial charge in [0.25, 0.3) is 0 Å². The summed E-state index contributed by atoms with van der Waals surface area (Å²) < 4.78 is 57.2. The largest absolute Gasteiger partial charge is 0.207 e. The van der Waals surface area contributed by atoms with Crippen LogP contribution >= 0.6 is 0 Å². The SMILES string of the molecule is Fc1ccc(-c2ccc(-c3ccc(F)cc3)c3c2-c2ccc4c5c(ccc-3c25)-c2c-4c(-c3ccc(F)cc3)c3ccccc3c2-c2ccc(F)cc2)cc1. The lowest BCUT2D eigenvalue weighted by Gasteiger charge is -2.20. The molecule has 254 valence electrons. The summed E-state index contributed by atoms with van der Waals surface area (Å²) in [5, 5.41) is 4.24. The van der Waals surface area contributed by atoms with Crippen molar-refractivity contribution in [3.63, 3.8) is 0 Å². The molecule has 0 heterocycles. The molecule has 0 fully saturated rings. The molecule has 0 nitrogen and oxygen atoms in total. The molecule has 4 heteroatoms. The van der Waals surface area contributed by atoms with Crippen molar-refractivity contribution in [2.45, 2.75) is 0 Å². The molecular formula is C50H26F4. The molecule has 0 atom stereocenters. The van der Waals surface area contributed by atoms with Gasteiger partial charge in [-0.25, -0.2) is 17.6 Å². The number of halogens is 4. The van der Waals surface area contributed by atoms with Gasteiger partial charge in [-0.3, -0.25) is 0 Å². The first-order valence-corrected chi connectivity index (χ1v) is 17.9. The molecule has 11 rings (SSSR count). The van der Waals surface area contributed by atoms with E-state index in [1.807, 2.05) is 60.7 Å². The van der Waals surface area contributed by atoms with Crippen molar-refractivity contribution in [1.29, 1.82) is 0 Å². The van der Waals surface area contributed by atoms with Gasteiger partial charge >= 0.3 is 0 Å². The summed E-state index contributed by atoms with van der Waals surface area (Å²) in [7, 11) is 0. The van der Waals surface area contributed by atoms with E-state index in [9.17, 15) is 17.6 Å². The van der Waals surface area contributed by atoms with Gasteiger partial charge in [0, 0.05) is 0 Å². The van der Waals surface area contributed by atoms with Gasteiger partial charge < -0.3 is 0 Å². The maximum Gasteiger partial charge on any atom is 0.123 e. The van der Waals surface area contributed by atoms with Gasteiger partial charge in [-0.05, 0) is 159 Å². The third-order valence-electron chi connectivity index (χ3n) is 11.2. The maximum atomic E-state index is 14.4. The van der Waals surface area contributed by atoms with Gasteiger partial charge in [-0.2, -0.15) is 0 Å². The Morgan fingerprint density at radius 2 is 0.500 bits per heavy atom. The topological polar surface area (TPSA) is 0 Å². The van der Waals surface area contributed by atoms with E-state index in [0.717, 1.165) is 111 Å². The first kappa shape index (κ1) is 30.8. The number of fused-ring (bicyclic) bond motifs is 7. The molecule has 0 radical (unpaired) electrons. The van der Waals surface area contributed by atoms with Crippen molar-refractivity contribution in [2.75, 3.05) is 0 Å². The van der Waals surface area contributed by atoms with Crippen LogP contribution in [0.1, 0.15) is 0 Å². The lowest BCUT2D eigenvalue weighted by atomic mass is 9.82. The molecule has 9 aromatic carbocycles. The quantitative estimate of drug-likeness (QED) is 0.160. The Labute approximate surface area is 308 Å². The number of rotatable bonds is 4. The van der Waals surface area contributed by atoms with Crippen LogP contribution in [-0.4, -0.2) is 0 Å². The van der Waals surface area contributed by atoms with E-state index in [4.69, 9.17) is 0 Å². The molecule has 0 saturated heterocycles. The summed E-state index contributed by atoms with van der Waals surface area (Å²) in [4.78, 5) is 0. The van der Waals surface area contributed by atoms with Crippen molar-refractivity contribution >= 4 is 21.5 Å². The van der Waals surface area contributed by atoms with Gasteiger partial charge in [-0.1, -0.05) is 109 Å². The highest BCUT2D eigenvalue weighted by atomic mass is 19.1. The maximum absolute atomic E-state index is 14.4. The first-order chi connectivity index (χ1) is 26.4. The summed E-state index contributed by atoms with van der Waals surface area (Å²) in [6, 6.07) is 47.7. The van der Waals surface area contributed by atoms with Crippen molar-refractivity contribution in [3.05, 3.63) is 181 Å². The summed E-state index contributed by atoms with van der Waals surface area (Å²) in [6.07, 6.45) is 0. The van der Waals surface area contributed by atoms with Crippen molar-refractivity contribution in [1.82, 2.24) is 0 Å². The molecular weight excluding hydrogens is 677 g/mol. The number of hydrogen-bond acceptors (Lipinski definition) is 0. The van der Waals surface area contributed by atoms with E-state index in [0.29, 0.717) is 0 Å². The Morgan fingerprint density at radius 3 is 0.833 bits per heavy atom. The number of hydrogen-bond donors (Lipinski definition) is 0. The fourth-order valence-electron chi connectivity index (χ4n) is 9.04. The molecule has 9 aromatic rings. The van der Waals surface area contributed by atoms with Gasteiger partial charge in [0.15, 0.2) is 0 Å². The monoisotopic (exact) mass is 702 g/mol. The Kier molecular flexibility index (Phi) is 6.48. The minimum atomic E-state index is -0.306. The van der Waals surface area contributed by atoms with Crippen LogP contribution in [0.3, 0.4) is 0 Å². The Bertz CT molecular complexity index is 2830. The molecule has 2 aliphatic rings. The molecule has 2 aliphatic carbocycles. The van der Waals surface area contributed by atoms with Crippen LogP contribution in [-0.2, 0) is 0 Å². The second-order valence-electron chi connectivity index (χ2n) is 14.1. The smallest absolute Gasteiger partial charge is 0.123 e. The van der Waals surface area contributed by atoms with Crippen LogP contribution < -0.4 is 0 Å². The molecule has 0 aliphatic heterocycles. The molecule has 0 spiro atoms. The van der Waals surface area contributed by atoms with Crippen LogP contribution in [0, 0.1) is 23.3 Å². The summed E-state index contributed by atoms with van der Waals surface area (Å²) in [5.74, 6) is -1.22. The Balaban J connectivity index is 1.28. The van der Waals surface area contributed by atoms with E-state index in [1.54, 1.807) is 0 Å². The first-order valence-electron chi connectivity index (χ1n) is 17.9. The average molecular weight is 703 g/mol. The van der Waals surface area contributed by atoms with E-state index in [1.165, 1.54) is 48.5 Å². The third-order valence-corrected chi connectivity index (χ3v) is 11.2. The van der Waals surface area contributed by atoms with E-state index < -0.39 is 0 Å². The van der Waals surface area contributed by atoms with Gasteiger partial charge in [0.05, 0.1) is 0 Å². The fourth-order valence-corrected chi connectivity index (χ4v) is 9.04. The van der Waals surface area contributed by atoms with Crippen LogP contribution in [0.15, 0.2) is 158 Å². The Hall–Kier alpha value is -6.78. The fraction of sp³-hybridized carbons (Fsp3) is 0. The second-order valence-corrected chi connectivity index (χ2v) is 14.1. The van der Waals surface area contributed by atoms with Crippen LogP contribution in [0.25, 0.3) is 111 Å². The second kappa shape index (κ2) is 11.4. The van der Waals surface area contributed by atoms with E-state index in [2.05, 4.69) is 48.5 Å². The summed E-state index contributed by atoms with van der Waals surface area (Å²) >= 11 is 0. The van der Waals surface area contributed by atoms with Gasteiger partial charge in [0.1, 0.15) is 23.3 Å². The van der Waals surface area contributed by atoms with Crippen molar-refractivity contribution < 1.29 is 17.6 Å². The molecule has 0 unspecified atom stereocenters. The normalized spacial score (nSPS) is 12.1. The average Bonchev–Trinajstić information content (AvgIpc) is 3.71. The van der Waals surface area contributed by atoms with Gasteiger partial charge in [-0.15, -0.1) is 0 Å². The van der Waals surface area contributed by atoms with Crippen LogP contribution in [0.4, 0.5) is 17.6 Å². The third kappa shape index (κ3) is 4.31. The molecule has 0 amide bonds. The Morgan fingerprint density at radius 1 is 0.222 bits per heavy atom. The lowest BCUT2D eigenvalue weighted by Crippen LogP contribution is -1.94. The van der Waals surface area contributed by atoms with Crippen LogP contribution in [0.2, 0.25) is 0 Å². The summed E-state index contributed by atoms with van der Waals surface area (Å²) in [5.41, 5.74) is 16.0. The zero-order chi connectivity index (χ0) is 36.2. The highest BCUT2D eigenvalue weighted by Crippen LogP contribution is 2.63. The molecule has 0 aromatic heterocycles. The molecule has 0 saturated carbocycles. The highest BCUT2D eigenvalue weighted by Gasteiger charge is 2.36. The molecule has 0 bridgehead atoms. The van der Waals surface area contributed by atoms with Crippen LogP contribution in [0.5, 0.6) is 0 Å². The van der Waals surface area contributed by atoms with Crippen molar-refractivity contribution in [2.24, 2.45) is 0 Å². The lowest BCUT2D eigenvalue weighted by molar-refractivity contribution is 0.627. The molecule has 54 heavy (non-hydrogen) atoms. The summed E-state index contributed by atoms with van der Waals surface area (Å²) in [6.45, 7) is 0. The van der Waals surface area contributed by atoms with Gasteiger partial charge in [0.2, 0.25) is 0 Å². The minimum Gasteiger partial charge on any atom is -0.207 e. The van der Waals surface area contributed by atoms with E-state index >= 15 is 0 Å². The minimum absolute atomic E-state index is 0.303. The number of benzene rings is 9. The zero-order valence-corrected chi connectivity index (χ0v) is 28.5. The van der Waals surface area contributed by atoms with Crippen molar-refractivity contribution in [3.8, 4) is 89.0 Å².